The van der Waals surface area contributed by atoms with Crippen LogP contribution in [0.25, 0.3) is 0 Å². The monoisotopic (exact) mass is 341 g/mol. The molecule has 134 valence electrons. The van der Waals surface area contributed by atoms with E-state index in [0.29, 0.717) is 5.96 Å². The van der Waals surface area contributed by atoms with Gasteiger partial charge in [-0.3, -0.25) is 4.79 Å². The summed E-state index contributed by atoms with van der Waals surface area (Å²) in [6.07, 6.45) is 4.98. The number of hydrogen-bond donors (Lipinski definition) is 3. The Bertz CT molecular complexity index is 679. The molecule has 1 amide bonds. The number of rotatable bonds is 8. The highest BCUT2D eigenvalue weighted by atomic mass is 16.1. The molecule has 6 heteroatoms. The predicted molar refractivity (Wildman–Crippen MR) is 103 cm³/mol. The van der Waals surface area contributed by atoms with E-state index < -0.39 is 0 Å². The van der Waals surface area contributed by atoms with E-state index >= 15 is 0 Å². The third-order valence-corrected chi connectivity index (χ3v) is 3.67. The van der Waals surface area contributed by atoms with E-state index in [1.54, 1.807) is 0 Å². The van der Waals surface area contributed by atoms with Crippen molar-refractivity contribution < 1.29 is 4.79 Å². The summed E-state index contributed by atoms with van der Waals surface area (Å²) in [4.78, 5) is 16.4. The quantitative estimate of drug-likeness (QED) is 0.509. The molecule has 0 unspecified atom stereocenters. The zero-order valence-electron chi connectivity index (χ0n) is 15.0. The van der Waals surface area contributed by atoms with Crippen LogP contribution in [0.4, 0.5) is 5.69 Å². The lowest BCUT2D eigenvalue weighted by Gasteiger charge is -2.12. The van der Waals surface area contributed by atoms with Gasteiger partial charge in [-0.05, 0) is 43.2 Å². The number of nitrogens with zero attached hydrogens (tertiary/aromatic N) is 2. The first kappa shape index (κ1) is 18.6. The SMILES string of the molecule is CCNC(=NCC(=O)Nc1cccc(CC)c1)NCCn1cccc1. The molecular formula is C19H27N5O. The summed E-state index contributed by atoms with van der Waals surface area (Å²) in [5.74, 6) is 0.517. The van der Waals surface area contributed by atoms with Gasteiger partial charge >= 0.3 is 0 Å². The molecule has 0 bridgehead atoms. The van der Waals surface area contributed by atoms with E-state index in [-0.39, 0.29) is 12.5 Å². The molecule has 1 aromatic heterocycles. The van der Waals surface area contributed by atoms with Crippen molar-refractivity contribution in [3.05, 3.63) is 54.4 Å². The molecule has 0 aliphatic heterocycles. The maximum Gasteiger partial charge on any atom is 0.246 e. The van der Waals surface area contributed by atoms with Gasteiger partial charge in [0.15, 0.2) is 5.96 Å². The molecule has 3 N–H and O–H groups in total. The summed E-state index contributed by atoms with van der Waals surface area (Å²) < 4.78 is 2.09. The van der Waals surface area contributed by atoms with Gasteiger partial charge in [0, 0.05) is 37.7 Å². The van der Waals surface area contributed by atoms with E-state index in [9.17, 15) is 4.79 Å². The zero-order chi connectivity index (χ0) is 17.9. The summed E-state index contributed by atoms with van der Waals surface area (Å²) in [6, 6.07) is 11.9. The van der Waals surface area contributed by atoms with E-state index in [1.165, 1.54) is 5.56 Å². The molecule has 1 heterocycles. The number of amides is 1. The van der Waals surface area contributed by atoms with Crippen LogP contribution in [0.2, 0.25) is 0 Å². The van der Waals surface area contributed by atoms with Gasteiger partial charge in [0.25, 0.3) is 0 Å². The maximum atomic E-state index is 12.1. The first-order valence-electron chi connectivity index (χ1n) is 8.73. The molecule has 0 fully saturated rings. The van der Waals surface area contributed by atoms with Crippen molar-refractivity contribution in [2.75, 3.05) is 25.0 Å². The van der Waals surface area contributed by atoms with Crippen LogP contribution in [0, 0.1) is 0 Å². The third kappa shape index (κ3) is 6.71. The normalized spacial score (nSPS) is 11.2. The fourth-order valence-corrected chi connectivity index (χ4v) is 2.38. The van der Waals surface area contributed by atoms with Gasteiger partial charge in [0.2, 0.25) is 5.91 Å². The number of nitrogens with one attached hydrogen (secondary N) is 3. The summed E-state index contributed by atoms with van der Waals surface area (Å²) >= 11 is 0. The molecule has 0 aliphatic rings. The van der Waals surface area contributed by atoms with Gasteiger partial charge in [0.05, 0.1) is 0 Å². The number of aliphatic imine (C=N–C) groups is 1. The minimum absolute atomic E-state index is 0.0786. The number of aromatic nitrogens is 1. The van der Waals surface area contributed by atoms with Crippen molar-refractivity contribution in [3.63, 3.8) is 0 Å². The van der Waals surface area contributed by atoms with Crippen molar-refractivity contribution >= 4 is 17.6 Å². The second-order valence-electron chi connectivity index (χ2n) is 5.64. The first-order chi connectivity index (χ1) is 12.2. The summed E-state index contributed by atoms with van der Waals surface area (Å²) in [5, 5.41) is 9.27. The molecule has 2 rings (SSSR count). The lowest BCUT2D eigenvalue weighted by atomic mass is 10.1. The van der Waals surface area contributed by atoms with Crippen LogP contribution in [0.5, 0.6) is 0 Å². The van der Waals surface area contributed by atoms with Crippen LogP contribution in [-0.2, 0) is 17.8 Å². The number of guanidine groups is 1. The number of carbonyl (C=O) groups is 1. The van der Waals surface area contributed by atoms with E-state index in [0.717, 1.165) is 31.7 Å². The van der Waals surface area contributed by atoms with Crippen LogP contribution < -0.4 is 16.0 Å². The number of anilines is 1. The summed E-state index contributed by atoms with van der Waals surface area (Å²) in [7, 11) is 0. The largest absolute Gasteiger partial charge is 0.357 e. The van der Waals surface area contributed by atoms with Crippen LogP contribution in [0.15, 0.2) is 53.8 Å². The standard InChI is InChI=1S/C19H27N5O/c1-3-16-8-7-9-17(14-16)23-18(25)15-22-19(20-4-2)21-10-13-24-11-5-6-12-24/h5-9,11-12,14H,3-4,10,13,15H2,1-2H3,(H,23,25)(H2,20,21,22). The van der Waals surface area contributed by atoms with Gasteiger partial charge in [-0.1, -0.05) is 19.1 Å². The Morgan fingerprint density at radius 1 is 1.12 bits per heavy atom. The fourth-order valence-electron chi connectivity index (χ4n) is 2.38. The Morgan fingerprint density at radius 3 is 2.64 bits per heavy atom. The number of aryl methyl sites for hydroxylation is 1. The Kier molecular flexibility index (Phi) is 7.56. The van der Waals surface area contributed by atoms with Crippen molar-refractivity contribution in [1.29, 1.82) is 0 Å². The topological polar surface area (TPSA) is 70.4 Å². The lowest BCUT2D eigenvalue weighted by Crippen LogP contribution is -2.39. The average Bonchev–Trinajstić information content (AvgIpc) is 3.13. The third-order valence-electron chi connectivity index (χ3n) is 3.67. The van der Waals surface area contributed by atoms with Gasteiger partial charge < -0.3 is 20.5 Å². The highest BCUT2D eigenvalue weighted by molar-refractivity contribution is 5.94. The maximum absolute atomic E-state index is 12.1. The van der Waals surface area contributed by atoms with Crippen LogP contribution in [-0.4, -0.2) is 36.1 Å². The predicted octanol–water partition coefficient (Wildman–Crippen LogP) is 2.24. The second-order valence-corrected chi connectivity index (χ2v) is 5.64. The Balaban J connectivity index is 1.82. The highest BCUT2D eigenvalue weighted by Crippen LogP contribution is 2.10. The Hall–Kier alpha value is -2.76. The van der Waals surface area contributed by atoms with Gasteiger partial charge in [0.1, 0.15) is 6.54 Å². The highest BCUT2D eigenvalue weighted by Gasteiger charge is 2.03. The molecule has 1 aromatic carbocycles. The van der Waals surface area contributed by atoms with Gasteiger partial charge in [-0.25, -0.2) is 4.99 Å². The number of benzene rings is 1. The average molecular weight is 341 g/mol. The van der Waals surface area contributed by atoms with Crippen molar-refractivity contribution in [2.45, 2.75) is 26.8 Å². The van der Waals surface area contributed by atoms with Gasteiger partial charge in [-0.2, -0.15) is 0 Å². The van der Waals surface area contributed by atoms with E-state index in [2.05, 4.69) is 32.4 Å². The van der Waals surface area contributed by atoms with E-state index in [1.807, 2.05) is 55.7 Å². The van der Waals surface area contributed by atoms with Crippen molar-refractivity contribution in [2.24, 2.45) is 4.99 Å². The lowest BCUT2D eigenvalue weighted by molar-refractivity contribution is -0.114. The van der Waals surface area contributed by atoms with Crippen LogP contribution in [0.1, 0.15) is 19.4 Å². The van der Waals surface area contributed by atoms with Crippen molar-refractivity contribution in [3.8, 4) is 0 Å². The van der Waals surface area contributed by atoms with Gasteiger partial charge in [-0.15, -0.1) is 0 Å². The molecule has 25 heavy (non-hydrogen) atoms. The number of hydrogen-bond acceptors (Lipinski definition) is 2. The Morgan fingerprint density at radius 2 is 1.92 bits per heavy atom. The Labute approximate surface area is 149 Å². The molecule has 0 spiro atoms. The molecule has 0 saturated heterocycles. The minimum Gasteiger partial charge on any atom is -0.357 e. The van der Waals surface area contributed by atoms with Crippen LogP contribution >= 0.6 is 0 Å². The smallest absolute Gasteiger partial charge is 0.246 e. The summed E-state index contributed by atoms with van der Waals surface area (Å²) in [5.41, 5.74) is 2.01. The molecular weight excluding hydrogens is 314 g/mol. The molecule has 0 atom stereocenters. The van der Waals surface area contributed by atoms with Crippen molar-refractivity contribution in [1.82, 2.24) is 15.2 Å². The zero-order valence-corrected chi connectivity index (χ0v) is 15.0. The second kappa shape index (κ2) is 10.2. The summed E-state index contributed by atoms with van der Waals surface area (Å²) in [6.45, 7) is 6.49. The van der Waals surface area contributed by atoms with Crippen LogP contribution in [0.3, 0.4) is 0 Å². The van der Waals surface area contributed by atoms with E-state index in [4.69, 9.17) is 0 Å². The minimum atomic E-state index is -0.129. The molecule has 0 saturated carbocycles. The first-order valence-corrected chi connectivity index (χ1v) is 8.73. The molecule has 2 aromatic rings. The molecule has 0 radical (unpaired) electrons. The fraction of sp³-hybridized carbons (Fsp3) is 0.368. The molecule has 0 aliphatic carbocycles. The molecule has 6 nitrogen and oxygen atoms in total. The number of carbonyl (C=O) groups excluding carboxylic acids is 1.